The molecule has 1 aliphatic rings. The van der Waals surface area contributed by atoms with E-state index >= 15 is 0 Å². The maximum Gasteiger partial charge on any atom is 0.320 e. The van der Waals surface area contributed by atoms with E-state index < -0.39 is 0 Å². The fourth-order valence-corrected chi connectivity index (χ4v) is 1.22. The zero-order valence-electron chi connectivity index (χ0n) is 7.99. The Morgan fingerprint density at radius 3 is 2.69 bits per heavy atom. The van der Waals surface area contributed by atoms with Gasteiger partial charge in [-0.15, -0.1) is 12.4 Å². The summed E-state index contributed by atoms with van der Waals surface area (Å²) in [4.78, 5) is 14.7. The second kappa shape index (κ2) is 5.26. The van der Waals surface area contributed by atoms with Crippen LogP contribution in [-0.4, -0.2) is 55.7 Å². The number of rotatable bonds is 0. The van der Waals surface area contributed by atoms with Crippen molar-refractivity contribution in [1.29, 1.82) is 0 Å². The van der Waals surface area contributed by atoms with Crippen molar-refractivity contribution >= 4 is 18.4 Å². The Morgan fingerprint density at radius 1 is 1.62 bits per heavy atom. The maximum absolute atomic E-state index is 11.5. The van der Waals surface area contributed by atoms with Crippen LogP contribution in [0.25, 0.3) is 0 Å². The van der Waals surface area contributed by atoms with Crippen molar-refractivity contribution in [2.75, 3.05) is 33.7 Å². The molecule has 1 aliphatic heterocycles. The molecule has 0 aromatic rings. The van der Waals surface area contributed by atoms with Crippen molar-refractivity contribution in [3.05, 3.63) is 0 Å². The number of hydrogen-bond acceptors (Lipinski definition) is 3. The van der Waals surface area contributed by atoms with Gasteiger partial charge < -0.3 is 20.9 Å². The van der Waals surface area contributed by atoms with Gasteiger partial charge in [0, 0.05) is 33.7 Å². The van der Waals surface area contributed by atoms with E-state index in [0.717, 1.165) is 6.54 Å². The van der Waals surface area contributed by atoms with Crippen LogP contribution >= 0.6 is 12.4 Å². The molecule has 0 bridgehead atoms. The predicted octanol–water partition coefficient (Wildman–Crippen LogP) is -0.720. The average molecular weight is 209 g/mol. The van der Waals surface area contributed by atoms with Crippen molar-refractivity contribution in [2.45, 2.75) is 6.17 Å². The molecular formula is C7H17ClN4O. The molecule has 13 heavy (non-hydrogen) atoms. The molecular weight excluding hydrogens is 192 g/mol. The first-order valence-electron chi connectivity index (χ1n) is 4.07. The Morgan fingerprint density at radius 2 is 2.23 bits per heavy atom. The van der Waals surface area contributed by atoms with Crippen molar-refractivity contribution in [1.82, 2.24) is 15.1 Å². The van der Waals surface area contributed by atoms with Crippen LogP contribution in [0.1, 0.15) is 0 Å². The first-order valence-corrected chi connectivity index (χ1v) is 4.07. The van der Waals surface area contributed by atoms with Crippen molar-refractivity contribution in [3.8, 4) is 0 Å². The first-order chi connectivity index (χ1) is 5.63. The second-order valence-electron chi connectivity index (χ2n) is 3.14. The largest absolute Gasteiger partial charge is 0.331 e. The number of nitrogens with zero attached hydrogens (tertiary/aromatic N) is 2. The number of urea groups is 1. The lowest BCUT2D eigenvalue weighted by Gasteiger charge is -2.35. The molecule has 0 aromatic heterocycles. The molecule has 1 fully saturated rings. The molecule has 0 radical (unpaired) electrons. The minimum absolute atomic E-state index is 0. The molecule has 1 unspecified atom stereocenters. The van der Waals surface area contributed by atoms with Gasteiger partial charge in [-0.3, -0.25) is 0 Å². The van der Waals surface area contributed by atoms with Crippen LogP contribution in [0.4, 0.5) is 4.79 Å². The highest BCUT2D eigenvalue weighted by molar-refractivity contribution is 5.85. The standard InChI is InChI=1S/C7H16N4O.ClH/c1-10(2)7(12)11-4-3-9-5-6(11)8;/h6,9H,3-5,8H2,1-2H3;1H. The third-order valence-electron chi connectivity index (χ3n) is 1.91. The minimum atomic E-state index is -0.186. The maximum atomic E-state index is 11.5. The van der Waals surface area contributed by atoms with Crippen LogP contribution in [-0.2, 0) is 0 Å². The Hall–Kier alpha value is -0.520. The quantitative estimate of drug-likeness (QED) is 0.553. The Kier molecular flexibility index (Phi) is 5.05. The van der Waals surface area contributed by atoms with E-state index in [4.69, 9.17) is 5.73 Å². The number of hydrogen-bond donors (Lipinski definition) is 2. The summed E-state index contributed by atoms with van der Waals surface area (Å²) in [5.41, 5.74) is 5.73. The molecule has 2 amide bonds. The van der Waals surface area contributed by atoms with Crippen molar-refractivity contribution in [2.24, 2.45) is 5.73 Å². The van der Waals surface area contributed by atoms with Crippen LogP contribution in [0, 0.1) is 0 Å². The van der Waals surface area contributed by atoms with Crippen molar-refractivity contribution < 1.29 is 4.79 Å². The van der Waals surface area contributed by atoms with Crippen LogP contribution in [0.3, 0.4) is 0 Å². The third-order valence-corrected chi connectivity index (χ3v) is 1.91. The highest BCUT2D eigenvalue weighted by Gasteiger charge is 2.24. The van der Waals surface area contributed by atoms with E-state index in [1.165, 1.54) is 0 Å². The molecule has 3 N–H and O–H groups in total. The van der Waals surface area contributed by atoms with Gasteiger partial charge in [-0.05, 0) is 0 Å². The molecule has 0 spiro atoms. The number of nitrogens with two attached hydrogens (primary N) is 1. The summed E-state index contributed by atoms with van der Waals surface area (Å²) in [6.45, 7) is 2.20. The van der Waals surface area contributed by atoms with E-state index in [2.05, 4.69) is 5.32 Å². The van der Waals surface area contributed by atoms with Crippen LogP contribution in [0.2, 0.25) is 0 Å². The third kappa shape index (κ3) is 3.02. The Labute approximate surface area is 84.6 Å². The molecule has 0 saturated carbocycles. The van der Waals surface area contributed by atoms with E-state index in [9.17, 15) is 4.79 Å². The van der Waals surface area contributed by atoms with Crippen LogP contribution in [0.15, 0.2) is 0 Å². The fraction of sp³-hybridized carbons (Fsp3) is 0.857. The number of halogens is 1. The van der Waals surface area contributed by atoms with Gasteiger partial charge in [0.1, 0.15) is 0 Å². The van der Waals surface area contributed by atoms with Crippen LogP contribution in [0.5, 0.6) is 0 Å². The normalized spacial score (nSPS) is 22.1. The van der Waals surface area contributed by atoms with Crippen molar-refractivity contribution in [3.63, 3.8) is 0 Å². The molecule has 1 heterocycles. The van der Waals surface area contributed by atoms with Gasteiger partial charge in [-0.25, -0.2) is 4.79 Å². The van der Waals surface area contributed by atoms with Gasteiger partial charge in [-0.1, -0.05) is 0 Å². The van der Waals surface area contributed by atoms with E-state index in [0.29, 0.717) is 13.1 Å². The van der Waals surface area contributed by atoms with Gasteiger partial charge in [0.15, 0.2) is 0 Å². The highest BCUT2D eigenvalue weighted by atomic mass is 35.5. The number of nitrogens with one attached hydrogen (secondary N) is 1. The predicted molar refractivity (Wildman–Crippen MR) is 53.9 cm³/mol. The van der Waals surface area contributed by atoms with E-state index in [1.807, 2.05) is 0 Å². The zero-order valence-corrected chi connectivity index (χ0v) is 8.80. The lowest BCUT2D eigenvalue weighted by molar-refractivity contribution is 0.137. The average Bonchev–Trinajstić information content (AvgIpc) is 2.04. The lowest BCUT2D eigenvalue weighted by Crippen LogP contribution is -2.59. The molecule has 0 aromatic carbocycles. The summed E-state index contributed by atoms with van der Waals surface area (Å²) < 4.78 is 0. The zero-order chi connectivity index (χ0) is 9.14. The molecule has 0 aliphatic carbocycles. The molecule has 1 saturated heterocycles. The fourth-order valence-electron chi connectivity index (χ4n) is 1.22. The number of carbonyl (C=O) groups excluding carboxylic acids is 1. The monoisotopic (exact) mass is 208 g/mol. The SMILES string of the molecule is CN(C)C(=O)N1CCNCC1N.Cl. The van der Waals surface area contributed by atoms with E-state index in [-0.39, 0.29) is 24.6 Å². The van der Waals surface area contributed by atoms with E-state index in [1.54, 1.807) is 23.9 Å². The number of carbonyl (C=O) groups is 1. The van der Waals surface area contributed by atoms with Gasteiger partial charge in [0.25, 0.3) is 0 Å². The smallest absolute Gasteiger partial charge is 0.320 e. The summed E-state index contributed by atoms with van der Waals surface area (Å²) in [5.74, 6) is 0. The molecule has 1 atom stereocenters. The Balaban J connectivity index is 0.00000144. The highest BCUT2D eigenvalue weighted by Crippen LogP contribution is 2.00. The summed E-state index contributed by atoms with van der Waals surface area (Å²) in [5, 5.41) is 3.12. The van der Waals surface area contributed by atoms with Gasteiger partial charge in [-0.2, -0.15) is 0 Å². The molecule has 6 heteroatoms. The number of piperazine rings is 1. The molecule has 5 nitrogen and oxygen atoms in total. The summed E-state index contributed by atoms with van der Waals surface area (Å²) in [6, 6.07) is -0.0102. The van der Waals surface area contributed by atoms with Gasteiger partial charge in [0.05, 0.1) is 6.17 Å². The molecule has 1 rings (SSSR count). The van der Waals surface area contributed by atoms with Gasteiger partial charge >= 0.3 is 6.03 Å². The summed E-state index contributed by atoms with van der Waals surface area (Å²) in [6.07, 6.45) is -0.186. The Bertz CT molecular complexity index is 176. The molecule has 78 valence electrons. The first kappa shape index (κ1) is 12.5. The second-order valence-corrected chi connectivity index (χ2v) is 3.14. The minimum Gasteiger partial charge on any atom is -0.331 e. The van der Waals surface area contributed by atoms with Gasteiger partial charge in [0.2, 0.25) is 0 Å². The number of amides is 2. The van der Waals surface area contributed by atoms with Crippen LogP contribution < -0.4 is 11.1 Å². The summed E-state index contributed by atoms with van der Waals surface area (Å²) in [7, 11) is 3.47. The summed E-state index contributed by atoms with van der Waals surface area (Å²) >= 11 is 0. The lowest BCUT2D eigenvalue weighted by atomic mass is 10.3. The topological polar surface area (TPSA) is 61.6 Å².